The van der Waals surface area contributed by atoms with Crippen molar-refractivity contribution in [2.24, 2.45) is 11.0 Å². The molecule has 1 N–H and O–H groups in total. The number of nitrogens with one attached hydrogen (secondary N) is 1. The Labute approximate surface area is 148 Å². The molecule has 3 rings (SSSR count). The van der Waals surface area contributed by atoms with Crippen LogP contribution in [0, 0.1) is 5.92 Å². The summed E-state index contributed by atoms with van der Waals surface area (Å²) in [6.07, 6.45) is 2.32. The van der Waals surface area contributed by atoms with Gasteiger partial charge in [-0.2, -0.15) is 5.10 Å². The van der Waals surface area contributed by atoms with Crippen molar-refractivity contribution in [3.05, 3.63) is 65.7 Å². The first kappa shape index (κ1) is 17.2. The number of hydrogen-bond acceptors (Lipinski definition) is 4. The van der Waals surface area contributed by atoms with E-state index in [1.165, 1.54) is 0 Å². The van der Waals surface area contributed by atoms with E-state index in [2.05, 4.69) is 10.5 Å². The highest BCUT2D eigenvalue weighted by atomic mass is 16.5. The number of nitrogens with zero attached hydrogens (tertiary/aromatic N) is 2. The van der Waals surface area contributed by atoms with Gasteiger partial charge in [-0.3, -0.25) is 4.79 Å². The summed E-state index contributed by atoms with van der Waals surface area (Å²) in [4.78, 5) is 14.4. The summed E-state index contributed by atoms with van der Waals surface area (Å²) in [6.45, 7) is 0. The Hall–Kier alpha value is -2.66. The molecule has 5 heteroatoms. The molecule has 1 amide bonds. The van der Waals surface area contributed by atoms with E-state index in [0.717, 1.165) is 16.8 Å². The zero-order valence-corrected chi connectivity index (χ0v) is 14.8. The standard InChI is InChI=1S/C20H23N3O2/c1-23(2)17-11-9-15(10-12-17)14-21-22-19(24)18-13-20(18,25-3)16-7-5-4-6-8-16/h4-12,14,18H,13H2,1-3H3,(H,22,24)/b21-14+. The van der Waals surface area contributed by atoms with Crippen molar-refractivity contribution >= 4 is 17.8 Å². The monoisotopic (exact) mass is 337 g/mol. The largest absolute Gasteiger partial charge is 0.378 e. The lowest BCUT2D eigenvalue weighted by Gasteiger charge is -2.15. The highest BCUT2D eigenvalue weighted by Gasteiger charge is 2.60. The van der Waals surface area contributed by atoms with Gasteiger partial charge in [-0.25, -0.2) is 5.43 Å². The minimum atomic E-state index is -0.520. The molecule has 1 aliphatic rings. The van der Waals surface area contributed by atoms with Crippen molar-refractivity contribution < 1.29 is 9.53 Å². The molecule has 1 fully saturated rings. The molecule has 2 unspecified atom stereocenters. The molecule has 0 bridgehead atoms. The Morgan fingerprint density at radius 3 is 2.48 bits per heavy atom. The molecule has 1 aliphatic carbocycles. The second kappa shape index (κ2) is 7.07. The molecule has 25 heavy (non-hydrogen) atoms. The van der Waals surface area contributed by atoms with Crippen LogP contribution < -0.4 is 10.3 Å². The molecule has 1 saturated carbocycles. The predicted molar refractivity (Wildman–Crippen MR) is 99.7 cm³/mol. The van der Waals surface area contributed by atoms with Crippen LogP contribution in [0.3, 0.4) is 0 Å². The number of methoxy groups -OCH3 is 1. The molecular formula is C20H23N3O2. The fourth-order valence-corrected chi connectivity index (χ4v) is 3.04. The van der Waals surface area contributed by atoms with Gasteiger partial charge >= 0.3 is 0 Å². The van der Waals surface area contributed by atoms with Crippen LogP contribution in [0.4, 0.5) is 5.69 Å². The molecule has 0 saturated heterocycles. The second-order valence-electron chi connectivity index (χ2n) is 6.44. The lowest BCUT2D eigenvalue weighted by atomic mass is 10.1. The van der Waals surface area contributed by atoms with E-state index in [1.807, 2.05) is 73.6 Å². The normalized spacial score (nSPS) is 22.0. The molecule has 0 radical (unpaired) electrons. The molecule has 2 aromatic carbocycles. The van der Waals surface area contributed by atoms with Gasteiger partial charge in [0.2, 0.25) is 5.91 Å². The number of amides is 1. The van der Waals surface area contributed by atoms with Gasteiger partial charge in [-0.05, 0) is 29.7 Å². The average Bonchev–Trinajstić information content (AvgIpc) is 3.39. The van der Waals surface area contributed by atoms with E-state index < -0.39 is 5.60 Å². The summed E-state index contributed by atoms with van der Waals surface area (Å²) in [7, 11) is 5.64. The van der Waals surface area contributed by atoms with Crippen molar-refractivity contribution in [1.29, 1.82) is 0 Å². The predicted octanol–water partition coefficient (Wildman–Crippen LogP) is 2.76. The van der Waals surface area contributed by atoms with Crippen LogP contribution in [-0.4, -0.2) is 33.3 Å². The molecule has 0 spiro atoms. The summed E-state index contributed by atoms with van der Waals surface area (Å²) in [5, 5.41) is 4.08. The number of benzene rings is 2. The maximum absolute atomic E-state index is 12.4. The Balaban J connectivity index is 1.60. The average molecular weight is 337 g/mol. The van der Waals surface area contributed by atoms with Gasteiger partial charge in [0, 0.05) is 26.9 Å². The first-order valence-electron chi connectivity index (χ1n) is 8.28. The SMILES string of the molecule is COC1(c2ccccc2)CC1C(=O)N/N=C/c1ccc(N(C)C)cc1. The van der Waals surface area contributed by atoms with Gasteiger partial charge < -0.3 is 9.64 Å². The van der Waals surface area contributed by atoms with Crippen molar-refractivity contribution in [1.82, 2.24) is 5.43 Å². The number of carbonyl (C=O) groups excluding carboxylic acids is 1. The minimum absolute atomic E-state index is 0.119. The van der Waals surface area contributed by atoms with Crippen molar-refractivity contribution in [3.63, 3.8) is 0 Å². The molecular weight excluding hydrogens is 314 g/mol. The van der Waals surface area contributed by atoms with E-state index in [0.29, 0.717) is 6.42 Å². The van der Waals surface area contributed by atoms with E-state index in [1.54, 1.807) is 13.3 Å². The van der Waals surface area contributed by atoms with Crippen LogP contribution in [0.1, 0.15) is 17.5 Å². The molecule has 0 aromatic heterocycles. The fraction of sp³-hybridized carbons (Fsp3) is 0.300. The highest BCUT2D eigenvalue weighted by molar-refractivity contribution is 5.86. The molecule has 5 nitrogen and oxygen atoms in total. The van der Waals surface area contributed by atoms with Gasteiger partial charge in [-0.1, -0.05) is 42.5 Å². The number of hydrazone groups is 1. The van der Waals surface area contributed by atoms with Crippen LogP contribution >= 0.6 is 0 Å². The maximum atomic E-state index is 12.4. The fourth-order valence-electron chi connectivity index (χ4n) is 3.04. The molecule has 130 valence electrons. The summed E-state index contributed by atoms with van der Waals surface area (Å²) < 4.78 is 5.65. The van der Waals surface area contributed by atoms with Crippen molar-refractivity contribution in [2.75, 3.05) is 26.1 Å². The van der Waals surface area contributed by atoms with Gasteiger partial charge in [0.05, 0.1) is 12.1 Å². The summed E-state index contributed by atoms with van der Waals surface area (Å²) in [5.74, 6) is -0.333. The first-order valence-corrected chi connectivity index (χ1v) is 8.28. The summed E-state index contributed by atoms with van der Waals surface area (Å²) >= 11 is 0. The third-order valence-electron chi connectivity index (χ3n) is 4.65. The Kier molecular flexibility index (Phi) is 4.86. The molecule has 0 heterocycles. The zero-order chi connectivity index (χ0) is 17.9. The number of ether oxygens (including phenoxy) is 1. The summed E-state index contributed by atoms with van der Waals surface area (Å²) in [5.41, 5.74) is 5.19. The third-order valence-corrected chi connectivity index (χ3v) is 4.65. The van der Waals surface area contributed by atoms with Crippen LogP contribution in [0.2, 0.25) is 0 Å². The van der Waals surface area contributed by atoms with E-state index in [4.69, 9.17) is 4.74 Å². The molecule has 2 aromatic rings. The minimum Gasteiger partial charge on any atom is -0.378 e. The van der Waals surface area contributed by atoms with Crippen molar-refractivity contribution in [2.45, 2.75) is 12.0 Å². The Morgan fingerprint density at radius 2 is 1.88 bits per heavy atom. The van der Waals surface area contributed by atoms with Crippen LogP contribution in [0.5, 0.6) is 0 Å². The van der Waals surface area contributed by atoms with Crippen molar-refractivity contribution in [3.8, 4) is 0 Å². The maximum Gasteiger partial charge on any atom is 0.246 e. The number of rotatable bonds is 6. The van der Waals surface area contributed by atoms with Crippen LogP contribution in [-0.2, 0) is 15.1 Å². The first-order chi connectivity index (χ1) is 12.1. The lowest BCUT2D eigenvalue weighted by Crippen LogP contribution is -2.25. The number of hydrogen-bond donors (Lipinski definition) is 1. The van der Waals surface area contributed by atoms with Gasteiger partial charge in [0.25, 0.3) is 0 Å². The quantitative estimate of drug-likeness (QED) is 0.651. The Morgan fingerprint density at radius 1 is 1.20 bits per heavy atom. The summed E-state index contributed by atoms with van der Waals surface area (Å²) in [6, 6.07) is 17.8. The van der Waals surface area contributed by atoms with Gasteiger partial charge in [0.15, 0.2) is 0 Å². The van der Waals surface area contributed by atoms with Crippen LogP contribution in [0.25, 0.3) is 0 Å². The van der Waals surface area contributed by atoms with E-state index in [-0.39, 0.29) is 11.8 Å². The number of carbonyl (C=O) groups is 1. The van der Waals surface area contributed by atoms with Crippen LogP contribution in [0.15, 0.2) is 59.7 Å². The Bertz CT molecular complexity index is 756. The smallest absolute Gasteiger partial charge is 0.246 e. The third kappa shape index (κ3) is 3.56. The second-order valence-corrected chi connectivity index (χ2v) is 6.44. The zero-order valence-electron chi connectivity index (χ0n) is 14.8. The molecule has 0 aliphatic heterocycles. The highest BCUT2D eigenvalue weighted by Crippen LogP contribution is 2.54. The van der Waals surface area contributed by atoms with E-state index in [9.17, 15) is 4.79 Å². The van der Waals surface area contributed by atoms with Gasteiger partial charge in [-0.15, -0.1) is 0 Å². The van der Waals surface area contributed by atoms with E-state index >= 15 is 0 Å². The lowest BCUT2D eigenvalue weighted by molar-refractivity contribution is -0.124. The number of anilines is 1. The van der Waals surface area contributed by atoms with Gasteiger partial charge in [0.1, 0.15) is 5.60 Å². The topological polar surface area (TPSA) is 53.9 Å². The molecule has 2 atom stereocenters.